The summed E-state index contributed by atoms with van der Waals surface area (Å²) in [4.78, 5) is 26.1. The van der Waals surface area contributed by atoms with Crippen molar-refractivity contribution in [3.8, 4) is 0 Å². The van der Waals surface area contributed by atoms with E-state index in [9.17, 15) is 19.8 Å². The summed E-state index contributed by atoms with van der Waals surface area (Å²) in [6.45, 7) is 2.60. The molecule has 108 valence electrons. The zero-order chi connectivity index (χ0) is 14.2. The highest BCUT2D eigenvalue weighted by molar-refractivity contribution is 5.83. The van der Waals surface area contributed by atoms with Crippen molar-refractivity contribution >= 4 is 12.0 Å². The Hall–Kier alpha value is -1.34. The topological polar surface area (TPSA) is 101 Å². The van der Waals surface area contributed by atoms with E-state index in [4.69, 9.17) is 5.11 Å². The molecule has 0 aliphatic carbocycles. The summed E-state index contributed by atoms with van der Waals surface area (Å²) in [6, 6.07) is -1.32. The summed E-state index contributed by atoms with van der Waals surface area (Å²) in [7, 11) is 0. The number of carboxylic acid groups (broad SMARTS) is 1. The van der Waals surface area contributed by atoms with Gasteiger partial charge in [0.15, 0.2) is 0 Å². The minimum absolute atomic E-state index is 0.0582. The van der Waals surface area contributed by atoms with Gasteiger partial charge in [-0.25, -0.2) is 9.59 Å². The van der Waals surface area contributed by atoms with E-state index in [1.807, 2.05) is 0 Å². The number of hydrogen-bond donors (Lipinski definition) is 3. The molecule has 2 saturated heterocycles. The Bertz CT molecular complexity index is 374. The van der Waals surface area contributed by atoms with Gasteiger partial charge >= 0.3 is 12.0 Å². The quantitative estimate of drug-likeness (QED) is 0.596. The second-order valence-electron chi connectivity index (χ2n) is 5.66. The lowest BCUT2D eigenvalue weighted by molar-refractivity contribution is -0.141. The number of carboxylic acids is 1. The maximum Gasteiger partial charge on any atom is 0.326 e. The van der Waals surface area contributed by atoms with Crippen LogP contribution in [0.3, 0.4) is 0 Å². The number of amides is 2. The van der Waals surface area contributed by atoms with Crippen LogP contribution in [0, 0.1) is 0 Å². The van der Waals surface area contributed by atoms with E-state index >= 15 is 0 Å². The summed E-state index contributed by atoms with van der Waals surface area (Å²) in [5.74, 6) is -1.09. The fraction of sp³-hybridized carbons (Fsp3) is 0.833. The zero-order valence-corrected chi connectivity index (χ0v) is 10.9. The molecule has 2 rings (SSSR count). The molecule has 19 heavy (non-hydrogen) atoms. The molecule has 1 unspecified atom stereocenters. The van der Waals surface area contributed by atoms with Crippen LogP contribution >= 0.6 is 0 Å². The van der Waals surface area contributed by atoms with Gasteiger partial charge in [0, 0.05) is 26.1 Å². The van der Waals surface area contributed by atoms with Crippen molar-refractivity contribution < 1.29 is 24.9 Å². The molecule has 0 aromatic heterocycles. The highest BCUT2D eigenvalue weighted by atomic mass is 16.4. The van der Waals surface area contributed by atoms with E-state index in [1.165, 1.54) is 4.90 Å². The lowest BCUT2D eigenvalue weighted by atomic mass is 9.94. The van der Waals surface area contributed by atoms with Gasteiger partial charge in [-0.3, -0.25) is 0 Å². The molecule has 2 fully saturated rings. The second-order valence-corrected chi connectivity index (χ2v) is 5.66. The summed E-state index contributed by atoms with van der Waals surface area (Å²) >= 11 is 0. The van der Waals surface area contributed by atoms with Gasteiger partial charge in [-0.05, 0) is 19.8 Å². The van der Waals surface area contributed by atoms with Crippen molar-refractivity contribution in [1.29, 1.82) is 0 Å². The standard InChI is InChI=1S/C12H20N2O5/c1-12(19)2-4-13(5-3-12)11(18)14-7-8(15)6-9(14)10(16)17/h8-9,15,19H,2-7H2,1H3,(H,16,17)/t8?,9-/m0/s1. The smallest absolute Gasteiger partial charge is 0.326 e. The van der Waals surface area contributed by atoms with Crippen molar-refractivity contribution in [2.24, 2.45) is 0 Å². The third kappa shape index (κ3) is 2.98. The minimum atomic E-state index is -1.09. The highest BCUT2D eigenvalue weighted by Gasteiger charge is 2.41. The molecule has 2 aliphatic heterocycles. The Morgan fingerprint density at radius 2 is 1.84 bits per heavy atom. The molecule has 0 saturated carbocycles. The van der Waals surface area contributed by atoms with Crippen LogP contribution in [0.5, 0.6) is 0 Å². The predicted molar refractivity (Wildman–Crippen MR) is 65.6 cm³/mol. The van der Waals surface area contributed by atoms with Crippen molar-refractivity contribution in [3.63, 3.8) is 0 Å². The van der Waals surface area contributed by atoms with Crippen LogP contribution in [0.4, 0.5) is 4.79 Å². The Balaban J connectivity index is 2.01. The fourth-order valence-corrected chi connectivity index (χ4v) is 2.62. The maximum absolute atomic E-state index is 12.3. The molecule has 0 spiro atoms. The normalized spacial score (nSPS) is 30.5. The maximum atomic E-state index is 12.3. The molecule has 7 nitrogen and oxygen atoms in total. The Labute approximate surface area is 111 Å². The molecule has 2 heterocycles. The number of aliphatic hydroxyl groups excluding tert-OH is 1. The number of carbonyl (C=O) groups is 2. The summed E-state index contributed by atoms with van der Waals surface area (Å²) < 4.78 is 0. The lowest BCUT2D eigenvalue weighted by Crippen LogP contribution is -2.52. The third-order valence-electron chi connectivity index (χ3n) is 3.92. The number of carbonyl (C=O) groups excluding carboxylic acids is 1. The van der Waals surface area contributed by atoms with Crippen LogP contribution in [-0.2, 0) is 4.79 Å². The van der Waals surface area contributed by atoms with Gasteiger partial charge in [-0.2, -0.15) is 0 Å². The van der Waals surface area contributed by atoms with Gasteiger partial charge in [-0.1, -0.05) is 0 Å². The second kappa shape index (κ2) is 4.97. The number of likely N-dealkylation sites (tertiary alicyclic amines) is 2. The molecule has 2 atom stereocenters. The number of piperidine rings is 1. The molecule has 2 amide bonds. The van der Waals surface area contributed by atoms with E-state index in [1.54, 1.807) is 11.8 Å². The monoisotopic (exact) mass is 272 g/mol. The van der Waals surface area contributed by atoms with Crippen LogP contribution in [0.25, 0.3) is 0 Å². The Morgan fingerprint density at radius 3 is 2.37 bits per heavy atom. The summed E-state index contributed by atoms with van der Waals surface area (Å²) in [5, 5.41) is 28.4. The predicted octanol–water partition coefficient (Wildman–Crippen LogP) is -0.527. The number of rotatable bonds is 1. The average Bonchev–Trinajstić information content (AvgIpc) is 2.70. The van der Waals surface area contributed by atoms with Gasteiger partial charge in [0.25, 0.3) is 0 Å². The largest absolute Gasteiger partial charge is 0.480 e. The Morgan fingerprint density at radius 1 is 1.26 bits per heavy atom. The first-order chi connectivity index (χ1) is 8.80. The molecule has 0 radical (unpaired) electrons. The van der Waals surface area contributed by atoms with E-state index in [2.05, 4.69) is 0 Å². The number of aliphatic hydroxyl groups is 2. The van der Waals surface area contributed by atoms with Crippen LogP contribution in [-0.4, -0.2) is 74.5 Å². The molecule has 0 bridgehead atoms. The van der Waals surface area contributed by atoms with Crippen LogP contribution in [0.2, 0.25) is 0 Å². The number of aliphatic carboxylic acids is 1. The third-order valence-corrected chi connectivity index (χ3v) is 3.92. The fourth-order valence-electron chi connectivity index (χ4n) is 2.62. The minimum Gasteiger partial charge on any atom is -0.480 e. The molecule has 7 heteroatoms. The first kappa shape index (κ1) is 14.1. The molecular formula is C12H20N2O5. The summed E-state index contributed by atoms with van der Waals surface area (Å²) in [6.07, 6.45) is 0.254. The first-order valence-electron chi connectivity index (χ1n) is 6.49. The zero-order valence-electron chi connectivity index (χ0n) is 10.9. The first-order valence-corrected chi connectivity index (χ1v) is 6.49. The van der Waals surface area contributed by atoms with Crippen LogP contribution in [0.1, 0.15) is 26.2 Å². The SMILES string of the molecule is CC1(O)CCN(C(=O)N2CC(O)C[C@H]2C(=O)O)CC1. The van der Waals surface area contributed by atoms with E-state index in [0.29, 0.717) is 25.9 Å². The summed E-state index contributed by atoms with van der Waals surface area (Å²) in [5.41, 5.74) is -0.756. The molecule has 3 N–H and O–H groups in total. The van der Waals surface area contributed by atoms with E-state index in [-0.39, 0.29) is 19.0 Å². The van der Waals surface area contributed by atoms with Crippen molar-refractivity contribution in [1.82, 2.24) is 9.80 Å². The lowest BCUT2D eigenvalue weighted by Gasteiger charge is -2.38. The van der Waals surface area contributed by atoms with E-state index < -0.39 is 23.7 Å². The van der Waals surface area contributed by atoms with Crippen molar-refractivity contribution in [2.45, 2.75) is 43.9 Å². The highest BCUT2D eigenvalue weighted by Crippen LogP contribution is 2.25. The van der Waals surface area contributed by atoms with Crippen LogP contribution < -0.4 is 0 Å². The molecule has 0 aromatic carbocycles. The number of β-amino-alcohol motifs (C(OH)–C–C–N with tert-alkyl or cyclic N) is 1. The number of nitrogens with zero attached hydrogens (tertiary/aromatic N) is 2. The molecule has 2 aliphatic rings. The molecule has 0 aromatic rings. The Kier molecular flexibility index (Phi) is 3.69. The number of urea groups is 1. The number of hydrogen-bond acceptors (Lipinski definition) is 4. The van der Waals surface area contributed by atoms with Gasteiger partial charge in [0.05, 0.1) is 11.7 Å². The van der Waals surface area contributed by atoms with Gasteiger partial charge in [0.2, 0.25) is 0 Å². The van der Waals surface area contributed by atoms with Crippen molar-refractivity contribution in [2.75, 3.05) is 19.6 Å². The van der Waals surface area contributed by atoms with Gasteiger partial charge in [0.1, 0.15) is 6.04 Å². The van der Waals surface area contributed by atoms with E-state index in [0.717, 1.165) is 0 Å². The van der Waals surface area contributed by atoms with Crippen molar-refractivity contribution in [3.05, 3.63) is 0 Å². The van der Waals surface area contributed by atoms with Gasteiger partial charge in [-0.15, -0.1) is 0 Å². The van der Waals surface area contributed by atoms with Gasteiger partial charge < -0.3 is 25.1 Å². The molecular weight excluding hydrogens is 252 g/mol. The average molecular weight is 272 g/mol. The van der Waals surface area contributed by atoms with Crippen LogP contribution in [0.15, 0.2) is 0 Å².